The van der Waals surface area contributed by atoms with Crippen molar-refractivity contribution in [1.29, 1.82) is 0 Å². The zero-order valence-electron chi connectivity index (χ0n) is 15.7. The highest BCUT2D eigenvalue weighted by Gasteiger charge is 2.21. The first-order valence-electron chi connectivity index (χ1n) is 9.84. The van der Waals surface area contributed by atoms with Gasteiger partial charge in [0.05, 0.1) is 11.3 Å². The molecule has 0 saturated carbocycles. The van der Waals surface area contributed by atoms with Crippen LogP contribution in [0.15, 0.2) is 54.6 Å². The summed E-state index contributed by atoms with van der Waals surface area (Å²) in [5.41, 5.74) is 6.81. The summed E-state index contributed by atoms with van der Waals surface area (Å²) in [6.45, 7) is 0.420. The maximum Gasteiger partial charge on any atom is 0.197 e. The van der Waals surface area contributed by atoms with Crippen LogP contribution in [0.25, 0.3) is 12.2 Å². The molecule has 5 rings (SSSR count). The predicted octanol–water partition coefficient (Wildman–Crippen LogP) is 5.25. The maximum atomic E-state index is 13.0. The topological polar surface area (TPSA) is 39.2 Å². The van der Waals surface area contributed by atoms with Crippen LogP contribution in [-0.4, -0.2) is 10.8 Å². The van der Waals surface area contributed by atoms with E-state index in [4.69, 9.17) is 9.72 Å². The number of pyridine rings is 1. The molecule has 2 aliphatic rings. The fraction of sp³-hybridized carbons (Fsp3) is 0.200. The van der Waals surface area contributed by atoms with Gasteiger partial charge < -0.3 is 4.74 Å². The van der Waals surface area contributed by atoms with Crippen LogP contribution >= 0.6 is 0 Å². The quantitative estimate of drug-likeness (QED) is 0.621. The number of hydrogen-bond acceptors (Lipinski definition) is 3. The fourth-order valence-electron chi connectivity index (χ4n) is 4.00. The maximum absolute atomic E-state index is 13.0. The number of ketones is 1. The van der Waals surface area contributed by atoms with Gasteiger partial charge >= 0.3 is 0 Å². The van der Waals surface area contributed by atoms with Crippen molar-refractivity contribution in [2.75, 3.05) is 0 Å². The average Bonchev–Trinajstić information content (AvgIpc) is 2.89. The number of rotatable bonds is 2. The molecule has 0 spiro atoms. The average molecular weight is 367 g/mol. The Hall–Kier alpha value is -3.20. The van der Waals surface area contributed by atoms with Crippen molar-refractivity contribution in [3.63, 3.8) is 0 Å². The van der Waals surface area contributed by atoms with E-state index in [0.29, 0.717) is 17.9 Å². The van der Waals surface area contributed by atoms with Crippen LogP contribution in [0.1, 0.15) is 56.8 Å². The second kappa shape index (κ2) is 7.08. The molecule has 3 heteroatoms. The lowest BCUT2D eigenvalue weighted by atomic mass is 9.96. The standard InChI is InChI=1S/C25H21NO2/c27-25-21-7-3-1-6-19(21)16-28-24-14-10-17(15-22(24)25)9-12-20-13-11-18-5-2-4-8-23(18)26-20/h1,3,6-7,9-15H,2,4-5,8,16H2. The minimum absolute atomic E-state index is 0.0188. The van der Waals surface area contributed by atoms with Crippen LogP contribution in [0, 0.1) is 0 Å². The number of aromatic nitrogens is 1. The van der Waals surface area contributed by atoms with E-state index in [1.54, 1.807) is 0 Å². The van der Waals surface area contributed by atoms with Crippen molar-refractivity contribution in [3.8, 4) is 5.75 Å². The van der Waals surface area contributed by atoms with Crippen molar-refractivity contribution in [3.05, 3.63) is 93.8 Å². The minimum atomic E-state index is 0.0188. The molecule has 2 heterocycles. The number of hydrogen-bond donors (Lipinski definition) is 0. The molecule has 1 aliphatic carbocycles. The molecule has 3 nitrogen and oxygen atoms in total. The van der Waals surface area contributed by atoms with Crippen LogP contribution < -0.4 is 4.74 Å². The zero-order chi connectivity index (χ0) is 18.9. The molecule has 0 amide bonds. The van der Waals surface area contributed by atoms with Gasteiger partial charge in [0.15, 0.2) is 5.78 Å². The van der Waals surface area contributed by atoms with Crippen molar-refractivity contribution < 1.29 is 9.53 Å². The Bertz CT molecular complexity index is 1100. The number of benzene rings is 2. The number of fused-ring (bicyclic) bond motifs is 3. The molecule has 1 aromatic heterocycles. The lowest BCUT2D eigenvalue weighted by Crippen LogP contribution is -2.05. The van der Waals surface area contributed by atoms with Gasteiger partial charge in [-0.1, -0.05) is 42.5 Å². The van der Waals surface area contributed by atoms with Gasteiger partial charge in [-0.2, -0.15) is 0 Å². The van der Waals surface area contributed by atoms with Crippen LogP contribution in [0.3, 0.4) is 0 Å². The largest absolute Gasteiger partial charge is 0.488 e. The molecule has 2 aromatic carbocycles. The van der Waals surface area contributed by atoms with Gasteiger partial charge in [-0.05, 0) is 61.1 Å². The molecule has 1 aliphatic heterocycles. The monoisotopic (exact) mass is 367 g/mol. The Morgan fingerprint density at radius 2 is 1.75 bits per heavy atom. The molecular formula is C25H21NO2. The summed E-state index contributed by atoms with van der Waals surface area (Å²) in [4.78, 5) is 17.8. The SMILES string of the molecule is O=C1c2ccccc2COc2ccc(C=Cc3ccc4c(n3)CCCC4)cc21. The third-order valence-electron chi connectivity index (χ3n) is 5.54. The van der Waals surface area contributed by atoms with E-state index in [0.717, 1.165) is 35.2 Å². The van der Waals surface area contributed by atoms with E-state index in [1.807, 2.05) is 54.6 Å². The van der Waals surface area contributed by atoms with Crippen molar-refractivity contribution >= 4 is 17.9 Å². The summed E-state index contributed by atoms with van der Waals surface area (Å²) >= 11 is 0. The Kier molecular flexibility index (Phi) is 4.28. The summed E-state index contributed by atoms with van der Waals surface area (Å²) in [5, 5.41) is 0. The number of carbonyl (C=O) groups excluding carboxylic acids is 1. The van der Waals surface area contributed by atoms with E-state index >= 15 is 0 Å². The number of nitrogens with zero attached hydrogens (tertiary/aromatic N) is 1. The summed E-state index contributed by atoms with van der Waals surface area (Å²) < 4.78 is 5.87. The van der Waals surface area contributed by atoms with Crippen LogP contribution in [0.4, 0.5) is 0 Å². The predicted molar refractivity (Wildman–Crippen MR) is 110 cm³/mol. The van der Waals surface area contributed by atoms with Crippen molar-refractivity contribution in [1.82, 2.24) is 4.98 Å². The molecule has 0 atom stereocenters. The third-order valence-corrected chi connectivity index (χ3v) is 5.54. The van der Waals surface area contributed by atoms with Crippen molar-refractivity contribution in [2.45, 2.75) is 32.3 Å². The first-order chi connectivity index (χ1) is 13.8. The number of carbonyl (C=O) groups is 1. The molecule has 0 fully saturated rings. The number of ether oxygens (including phenoxy) is 1. The second-order valence-corrected chi connectivity index (χ2v) is 7.41. The summed E-state index contributed by atoms with van der Waals surface area (Å²) in [6, 6.07) is 17.7. The molecule has 28 heavy (non-hydrogen) atoms. The number of aryl methyl sites for hydroxylation is 2. The molecular weight excluding hydrogens is 346 g/mol. The lowest BCUT2D eigenvalue weighted by molar-refractivity contribution is 0.103. The Morgan fingerprint density at radius 3 is 2.71 bits per heavy atom. The Morgan fingerprint density at radius 1 is 0.857 bits per heavy atom. The van der Waals surface area contributed by atoms with Crippen LogP contribution in [0.2, 0.25) is 0 Å². The van der Waals surface area contributed by atoms with Gasteiger partial charge in [0.25, 0.3) is 0 Å². The first kappa shape index (κ1) is 16.9. The minimum Gasteiger partial charge on any atom is -0.488 e. The third kappa shape index (κ3) is 3.13. The highest BCUT2D eigenvalue weighted by molar-refractivity contribution is 6.12. The summed E-state index contributed by atoms with van der Waals surface area (Å²) in [5.74, 6) is 0.663. The van der Waals surface area contributed by atoms with Gasteiger partial charge in [0.1, 0.15) is 12.4 Å². The van der Waals surface area contributed by atoms with E-state index in [9.17, 15) is 4.79 Å². The van der Waals surface area contributed by atoms with Gasteiger partial charge in [0.2, 0.25) is 0 Å². The van der Waals surface area contributed by atoms with E-state index in [1.165, 1.54) is 24.1 Å². The first-order valence-corrected chi connectivity index (χ1v) is 9.84. The van der Waals surface area contributed by atoms with Crippen LogP contribution in [-0.2, 0) is 19.4 Å². The van der Waals surface area contributed by atoms with E-state index < -0.39 is 0 Å². The zero-order valence-corrected chi connectivity index (χ0v) is 15.7. The van der Waals surface area contributed by atoms with Crippen LogP contribution in [0.5, 0.6) is 5.75 Å². The normalized spacial score (nSPS) is 15.4. The molecule has 0 bridgehead atoms. The Labute approximate surface area is 164 Å². The molecule has 0 N–H and O–H groups in total. The molecule has 138 valence electrons. The molecule has 0 unspecified atom stereocenters. The van der Waals surface area contributed by atoms with Crippen molar-refractivity contribution in [2.24, 2.45) is 0 Å². The van der Waals surface area contributed by atoms with E-state index in [-0.39, 0.29) is 5.78 Å². The molecule has 3 aromatic rings. The van der Waals surface area contributed by atoms with E-state index in [2.05, 4.69) is 12.1 Å². The van der Waals surface area contributed by atoms with Gasteiger partial charge in [-0.3, -0.25) is 9.78 Å². The Balaban J connectivity index is 1.45. The highest BCUT2D eigenvalue weighted by Crippen LogP contribution is 2.30. The fourth-order valence-corrected chi connectivity index (χ4v) is 4.00. The second-order valence-electron chi connectivity index (χ2n) is 7.41. The molecule has 0 radical (unpaired) electrons. The van der Waals surface area contributed by atoms with Gasteiger partial charge in [-0.15, -0.1) is 0 Å². The lowest BCUT2D eigenvalue weighted by Gasteiger charge is -2.14. The summed E-state index contributed by atoms with van der Waals surface area (Å²) in [7, 11) is 0. The summed E-state index contributed by atoms with van der Waals surface area (Å²) in [6.07, 6.45) is 8.73. The smallest absolute Gasteiger partial charge is 0.197 e. The molecule has 0 saturated heterocycles. The van der Waals surface area contributed by atoms with Gasteiger partial charge in [0, 0.05) is 16.8 Å². The van der Waals surface area contributed by atoms with Gasteiger partial charge in [-0.25, -0.2) is 0 Å². The highest BCUT2D eigenvalue weighted by atomic mass is 16.5.